The third kappa shape index (κ3) is 1.31. The van der Waals surface area contributed by atoms with Crippen molar-refractivity contribution in [3.63, 3.8) is 0 Å². The van der Waals surface area contributed by atoms with Crippen LogP contribution in [0.4, 0.5) is 0 Å². The lowest BCUT2D eigenvalue weighted by Gasteiger charge is -2.67. The van der Waals surface area contributed by atoms with Gasteiger partial charge < -0.3 is 4.74 Å². The van der Waals surface area contributed by atoms with E-state index in [0.29, 0.717) is 0 Å². The summed E-state index contributed by atoms with van der Waals surface area (Å²) in [7, 11) is 0. The van der Waals surface area contributed by atoms with E-state index in [-0.39, 0.29) is 12.1 Å². The molecule has 0 heterocycles. The molecule has 69 heavy (non-hydrogen) atoms. The minimum Gasteiger partial charge on any atom is -0.457 e. The molecule has 28 aromatic rings. The van der Waals surface area contributed by atoms with E-state index in [4.69, 9.17) is 4.74 Å². The molecule has 290 valence electrons. The summed E-state index contributed by atoms with van der Waals surface area (Å²) in [6.07, 6.45) is -0.379. The quantitative estimate of drug-likeness (QED) is 0.0935. The summed E-state index contributed by atoms with van der Waals surface area (Å²) < 4.78 is 7.28. The molecule has 0 aromatic heterocycles. The van der Waals surface area contributed by atoms with Gasteiger partial charge in [0.25, 0.3) is 0 Å². The maximum atomic E-state index is 14.3. The van der Waals surface area contributed by atoms with Gasteiger partial charge in [-0.2, -0.15) is 0 Å². The van der Waals surface area contributed by atoms with Crippen molar-refractivity contribution in [2.75, 3.05) is 0 Å². The molecule has 0 amide bonds. The van der Waals surface area contributed by atoms with Crippen LogP contribution in [0.5, 0.6) is 0 Å². The molecule has 1 unspecified atom stereocenters. The van der Waals surface area contributed by atoms with E-state index >= 15 is 0 Å². The van der Waals surface area contributed by atoms with Crippen molar-refractivity contribution >= 4 is 297 Å². The van der Waals surface area contributed by atoms with Crippen LogP contribution < -0.4 is 0 Å². The normalized spacial score (nSPS) is 23.6. The molecule has 5 aliphatic rings. The fourth-order valence-corrected chi connectivity index (χ4v) is 25.5. The Morgan fingerprint density at radius 2 is 0.420 bits per heavy atom. The first kappa shape index (κ1) is 25.7. The second-order valence-corrected chi connectivity index (χ2v) is 25.7. The van der Waals surface area contributed by atoms with Crippen molar-refractivity contribution in [2.45, 2.75) is 37.7 Å². The Morgan fingerprint density at radius 1 is 0.261 bits per heavy atom. The molecule has 1 fully saturated rings. The van der Waals surface area contributed by atoms with Crippen LogP contribution in [0.3, 0.4) is 0 Å². The molecule has 0 bridgehead atoms. The first-order valence-electron chi connectivity index (χ1n) is 25.7. The van der Waals surface area contributed by atoms with Crippen LogP contribution in [0.2, 0.25) is 0 Å². The summed E-state index contributed by atoms with van der Waals surface area (Å²) in [5.41, 5.74) is 8.06. The van der Waals surface area contributed by atoms with Crippen molar-refractivity contribution < 1.29 is 9.53 Å². The van der Waals surface area contributed by atoms with E-state index in [2.05, 4.69) is 13.8 Å². The Hall–Kier alpha value is -8.33. The summed E-state index contributed by atoms with van der Waals surface area (Å²) in [4.78, 5) is 14.3. The molecule has 5 aliphatic carbocycles. The fraction of sp³-hybridized carbons (Fsp3) is 0.0896. The van der Waals surface area contributed by atoms with Crippen LogP contribution >= 0.6 is 0 Å². The molecular weight excluding hydrogens is 837 g/mol. The first-order valence-corrected chi connectivity index (χ1v) is 25.7. The van der Waals surface area contributed by atoms with Crippen molar-refractivity contribution in [1.82, 2.24) is 0 Å². The summed E-state index contributed by atoms with van der Waals surface area (Å²) in [5, 5.41) is 86.5. The second-order valence-electron chi connectivity index (χ2n) is 25.7. The molecule has 0 aliphatic heterocycles. The van der Waals surface area contributed by atoms with Gasteiger partial charge in [0, 0.05) is 6.92 Å². The number of carbonyl (C=O) groups excluding carboxylic acids is 1. The van der Waals surface area contributed by atoms with E-state index in [0.717, 1.165) is 0 Å². The maximum Gasteiger partial charge on any atom is 0.303 e. The Morgan fingerprint density at radius 3 is 0.580 bits per heavy atom. The molecule has 0 N–H and O–H groups in total. The van der Waals surface area contributed by atoms with E-state index in [1.165, 1.54) is 11.1 Å². The Balaban J connectivity index is 1.22. The fourth-order valence-electron chi connectivity index (χ4n) is 25.5. The summed E-state index contributed by atoms with van der Waals surface area (Å²) >= 11 is 0. The zero-order chi connectivity index (χ0) is 41.5. The van der Waals surface area contributed by atoms with Gasteiger partial charge in [0.2, 0.25) is 0 Å². The second kappa shape index (κ2) is 5.65. The number of hydrogen-bond donors (Lipinski definition) is 0. The number of esters is 1. The smallest absolute Gasteiger partial charge is 0.303 e. The molecule has 1 atom stereocenters. The van der Waals surface area contributed by atoms with Crippen LogP contribution in [-0.2, 0) is 20.4 Å². The van der Waals surface area contributed by atoms with Crippen LogP contribution in [-0.4, -0.2) is 12.1 Å². The predicted molar refractivity (Wildman–Crippen MR) is 288 cm³/mol. The highest BCUT2D eigenvalue weighted by Crippen LogP contribution is 2.89. The van der Waals surface area contributed by atoms with Gasteiger partial charge in [-0.3, -0.25) is 4.79 Å². The minimum absolute atomic E-state index is 0.147. The van der Waals surface area contributed by atoms with Crippen molar-refractivity contribution in [3.8, 4) is 0 Å². The zero-order valence-corrected chi connectivity index (χ0v) is 35.9. The Bertz CT molecular complexity index is 7090. The van der Waals surface area contributed by atoms with Crippen molar-refractivity contribution in [2.24, 2.45) is 0 Å². The molecule has 2 spiro atoms. The van der Waals surface area contributed by atoms with Gasteiger partial charge in [-0.25, -0.2) is 0 Å². The molecule has 0 radical (unpaired) electrons. The maximum absolute atomic E-state index is 14.3. The standard InChI is InChI=1S/C67H10O2/c1-4(2)60-65(69-5(3)68)67-63-56-50-40-32-22-14-10-7-6-8-12(14)20-28(22)42(50)48-38-30(20)24-16(8)17-9(6)13-15-11(7)19-18(10)26(32)36-37-27(19)33-23(15)29-21(13)31-25(17)35-34(24)44(38)52-53-45(35)39(31)49-43(29)51-41(33)47(37)59(58(63)46(36)40)64(67)57(51)55(49)62(53)66(60,67)61(52)54(48)56/h65H,1-3H3. The monoisotopic (exact) mass is 846 g/mol. The number of allylic oxidation sites excluding steroid dienone is 1. The number of rotatable bonds is 1. The van der Waals surface area contributed by atoms with Crippen LogP contribution in [0, 0.1) is 0 Å². The summed E-state index contributed by atoms with van der Waals surface area (Å²) in [6.45, 7) is 6.47. The average Bonchev–Trinajstić information content (AvgIpc) is 4.28. The molecular formula is C67H10O2. The SMILES string of the molecule is CC(=O)OC1C(=C(C)C)C23c4c5c6c7c8c9c(c%10c%11c2c2c4c4c%12c5c5c6c6c8c8c%13c9c9c%10c%10c%11c%11c2c2c4c4c%12c%12c5c5c6c8c6c8c%13c9c9c%10c%10c%11c2c2c4c4c%12c5c6c5c8c9c%10c2c45)C713. The van der Waals surface area contributed by atoms with E-state index in [9.17, 15) is 4.79 Å². The van der Waals surface area contributed by atoms with Crippen LogP contribution in [0.25, 0.3) is 291 Å². The van der Waals surface area contributed by atoms with Crippen LogP contribution in [0.15, 0.2) is 11.1 Å². The zero-order valence-electron chi connectivity index (χ0n) is 35.9. The average molecular weight is 847 g/mol. The number of ether oxygens (including phenoxy) is 1. The highest BCUT2D eigenvalue weighted by Gasteiger charge is 2.81. The number of benzene rings is 18. The number of carbonyl (C=O) groups is 1. The van der Waals surface area contributed by atoms with E-state index in [1.54, 1.807) is 320 Å². The lowest BCUT2D eigenvalue weighted by atomic mass is 9.34. The van der Waals surface area contributed by atoms with E-state index < -0.39 is 10.8 Å². The molecule has 1 saturated carbocycles. The largest absolute Gasteiger partial charge is 0.457 e. The first-order chi connectivity index (χ1) is 34.1. The van der Waals surface area contributed by atoms with Gasteiger partial charge in [0.05, 0.1) is 10.8 Å². The third-order valence-corrected chi connectivity index (χ3v) is 25.3. The molecule has 0 saturated heterocycles. The Labute approximate surface area is 375 Å². The van der Waals surface area contributed by atoms with E-state index in [1.807, 2.05) is 0 Å². The van der Waals surface area contributed by atoms with Crippen LogP contribution in [0.1, 0.15) is 43.0 Å². The molecule has 33 rings (SSSR count). The highest BCUT2D eigenvalue weighted by atomic mass is 16.5. The lowest BCUT2D eigenvalue weighted by Crippen LogP contribution is -2.72. The van der Waals surface area contributed by atoms with Gasteiger partial charge in [-0.1, -0.05) is 5.57 Å². The Kier molecular flexibility index (Phi) is 2.10. The summed E-state index contributed by atoms with van der Waals surface area (Å²) in [5.74, 6) is -0.147. The topological polar surface area (TPSA) is 26.3 Å². The third-order valence-electron chi connectivity index (χ3n) is 25.3. The summed E-state index contributed by atoms with van der Waals surface area (Å²) in [6, 6.07) is 0. The van der Waals surface area contributed by atoms with Crippen molar-refractivity contribution in [3.05, 3.63) is 33.4 Å². The molecule has 28 aromatic carbocycles. The molecule has 2 heteroatoms. The van der Waals surface area contributed by atoms with Gasteiger partial charge >= 0.3 is 5.97 Å². The van der Waals surface area contributed by atoms with Gasteiger partial charge in [0.15, 0.2) is 0 Å². The van der Waals surface area contributed by atoms with Gasteiger partial charge in [-0.15, -0.1) is 0 Å². The van der Waals surface area contributed by atoms with Gasteiger partial charge in [-0.05, 0) is 333 Å². The predicted octanol–water partition coefficient (Wildman–Crippen LogP) is 17.6. The lowest BCUT2D eigenvalue weighted by molar-refractivity contribution is -0.153. The van der Waals surface area contributed by atoms with Crippen molar-refractivity contribution in [1.29, 1.82) is 0 Å². The minimum atomic E-state index is -0.573. The number of hydrogen-bond acceptors (Lipinski definition) is 2. The van der Waals surface area contributed by atoms with Gasteiger partial charge in [0.1, 0.15) is 6.10 Å². The molecule has 2 nitrogen and oxygen atoms in total. The highest BCUT2D eigenvalue weighted by molar-refractivity contribution is 6.82.